The maximum Gasteiger partial charge on any atom is 0.505 e. The van der Waals surface area contributed by atoms with Crippen LogP contribution in [0.2, 0.25) is 0 Å². The molecule has 10 heavy (non-hydrogen) atoms. The lowest BCUT2D eigenvalue weighted by molar-refractivity contribution is 0.0459. The van der Waals surface area contributed by atoms with Gasteiger partial charge in [-0.05, 0) is 6.92 Å². The summed E-state index contributed by atoms with van der Waals surface area (Å²) in [6.07, 6.45) is -1.83. The molecule has 0 aliphatic rings. The molecular weight excluding hydrogens is 136 g/mol. The molecule has 0 bridgehead atoms. The molecule has 4 heteroatoms. The van der Waals surface area contributed by atoms with Gasteiger partial charge in [-0.15, -0.1) is 0 Å². The fourth-order valence-corrected chi connectivity index (χ4v) is 0.342. The van der Waals surface area contributed by atoms with E-state index in [2.05, 4.69) is 4.74 Å². The van der Waals surface area contributed by atoms with Crippen LogP contribution in [-0.2, 0) is 4.74 Å². The molecule has 2 unspecified atom stereocenters. The third-order valence-corrected chi connectivity index (χ3v) is 1.29. The highest BCUT2D eigenvalue weighted by Gasteiger charge is 2.10. The van der Waals surface area contributed by atoms with E-state index in [-0.39, 0.29) is 12.5 Å². The van der Waals surface area contributed by atoms with E-state index in [4.69, 9.17) is 10.2 Å². The maximum atomic E-state index is 9.82. The van der Waals surface area contributed by atoms with Gasteiger partial charge in [0, 0.05) is 5.92 Å². The van der Waals surface area contributed by atoms with Crippen molar-refractivity contribution in [3.63, 3.8) is 0 Å². The van der Waals surface area contributed by atoms with Gasteiger partial charge in [0.05, 0.1) is 12.7 Å². The summed E-state index contributed by atoms with van der Waals surface area (Å²) in [7, 11) is 0. The zero-order valence-corrected chi connectivity index (χ0v) is 6.07. The summed E-state index contributed by atoms with van der Waals surface area (Å²) in [6, 6.07) is 0. The van der Waals surface area contributed by atoms with Crippen LogP contribution in [0.4, 0.5) is 4.79 Å². The largest absolute Gasteiger partial charge is 0.505 e. The van der Waals surface area contributed by atoms with Gasteiger partial charge in [-0.25, -0.2) is 4.79 Å². The first kappa shape index (κ1) is 9.23. The van der Waals surface area contributed by atoms with Crippen LogP contribution in [0.3, 0.4) is 0 Å². The topological polar surface area (TPSA) is 66.8 Å². The van der Waals surface area contributed by atoms with Crippen molar-refractivity contribution < 1.29 is 19.7 Å². The summed E-state index contributed by atoms with van der Waals surface area (Å²) in [6.45, 7) is 3.36. The fourth-order valence-electron chi connectivity index (χ4n) is 0.342. The molecular formula is C6H12O4. The second kappa shape index (κ2) is 4.11. The van der Waals surface area contributed by atoms with Gasteiger partial charge in [-0.3, -0.25) is 0 Å². The molecule has 4 nitrogen and oxygen atoms in total. The third-order valence-electron chi connectivity index (χ3n) is 1.29. The van der Waals surface area contributed by atoms with E-state index >= 15 is 0 Å². The van der Waals surface area contributed by atoms with Crippen molar-refractivity contribution >= 4 is 6.16 Å². The second-order valence-electron chi connectivity index (χ2n) is 2.29. The van der Waals surface area contributed by atoms with Gasteiger partial charge < -0.3 is 14.9 Å². The minimum atomic E-state index is -1.30. The molecule has 2 N–H and O–H groups in total. The van der Waals surface area contributed by atoms with Crippen LogP contribution in [0.1, 0.15) is 13.8 Å². The molecule has 0 aromatic heterocycles. The minimum absolute atomic E-state index is 0.0486. The minimum Gasteiger partial charge on any atom is -0.450 e. The zero-order valence-electron chi connectivity index (χ0n) is 6.07. The Morgan fingerprint density at radius 3 is 2.40 bits per heavy atom. The first-order valence-electron chi connectivity index (χ1n) is 3.08. The average molecular weight is 148 g/mol. The fraction of sp³-hybridized carbons (Fsp3) is 0.833. The van der Waals surface area contributed by atoms with Gasteiger partial charge in [0.15, 0.2) is 0 Å². The first-order chi connectivity index (χ1) is 4.54. The maximum absolute atomic E-state index is 9.82. The molecule has 0 aliphatic carbocycles. The molecule has 0 radical (unpaired) electrons. The van der Waals surface area contributed by atoms with Crippen LogP contribution in [0, 0.1) is 5.92 Å². The molecule has 2 atom stereocenters. The Labute approximate surface area is 59.4 Å². The Morgan fingerprint density at radius 2 is 2.10 bits per heavy atom. The molecule has 0 aromatic rings. The van der Waals surface area contributed by atoms with E-state index in [9.17, 15) is 4.79 Å². The smallest absolute Gasteiger partial charge is 0.450 e. The lowest BCUT2D eigenvalue weighted by Crippen LogP contribution is -2.20. The molecule has 0 saturated carbocycles. The molecule has 0 amide bonds. The van der Waals surface area contributed by atoms with Gasteiger partial charge >= 0.3 is 6.16 Å². The first-order valence-corrected chi connectivity index (χ1v) is 3.08. The van der Waals surface area contributed by atoms with E-state index in [1.807, 2.05) is 0 Å². The normalized spacial score (nSPS) is 15.9. The van der Waals surface area contributed by atoms with Gasteiger partial charge in [0.1, 0.15) is 0 Å². The van der Waals surface area contributed by atoms with E-state index in [0.29, 0.717) is 0 Å². The van der Waals surface area contributed by atoms with Crippen molar-refractivity contribution in [2.75, 3.05) is 6.61 Å². The number of rotatable bonds is 3. The molecule has 0 aliphatic heterocycles. The quantitative estimate of drug-likeness (QED) is 0.578. The van der Waals surface area contributed by atoms with Crippen LogP contribution < -0.4 is 0 Å². The van der Waals surface area contributed by atoms with Crippen molar-refractivity contribution in [2.24, 2.45) is 5.92 Å². The number of aliphatic hydroxyl groups is 1. The molecule has 0 heterocycles. The second-order valence-corrected chi connectivity index (χ2v) is 2.29. The van der Waals surface area contributed by atoms with Crippen molar-refractivity contribution in [2.45, 2.75) is 20.0 Å². The molecule has 0 aromatic carbocycles. The lowest BCUT2D eigenvalue weighted by atomic mass is 10.1. The number of ether oxygens (including phenoxy) is 1. The van der Waals surface area contributed by atoms with Gasteiger partial charge in [0.2, 0.25) is 0 Å². The molecule has 0 fully saturated rings. The Bertz CT molecular complexity index is 110. The number of hydrogen-bond acceptors (Lipinski definition) is 3. The van der Waals surface area contributed by atoms with Crippen molar-refractivity contribution in [3.05, 3.63) is 0 Å². The van der Waals surface area contributed by atoms with E-state index in [1.165, 1.54) is 0 Å². The summed E-state index contributed by atoms with van der Waals surface area (Å²) < 4.78 is 4.22. The Kier molecular flexibility index (Phi) is 3.79. The zero-order chi connectivity index (χ0) is 8.15. The predicted molar refractivity (Wildman–Crippen MR) is 34.8 cm³/mol. The van der Waals surface area contributed by atoms with Crippen molar-refractivity contribution in [1.29, 1.82) is 0 Å². The predicted octanol–water partition coefficient (Wildman–Crippen LogP) is 0.698. The highest BCUT2D eigenvalue weighted by atomic mass is 16.7. The van der Waals surface area contributed by atoms with Crippen molar-refractivity contribution in [1.82, 2.24) is 0 Å². The summed E-state index contributed by atoms with van der Waals surface area (Å²) in [5, 5.41) is 16.9. The monoisotopic (exact) mass is 148 g/mol. The van der Waals surface area contributed by atoms with E-state index in [1.54, 1.807) is 13.8 Å². The molecule has 60 valence electrons. The lowest BCUT2D eigenvalue weighted by Gasteiger charge is -2.12. The summed E-state index contributed by atoms with van der Waals surface area (Å²) in [4.78, 5) is 9.82. The number of carbonyl (C=O) groups is 1. The van der Waals surface area contributed by atoms with Crippen LogP contribution in [-0.4, -0.2) is 29.1 Å². The van der Waals surface area contributed by atoms with Gasteiger partial charge in [0.25, 0.3) is 0 Å². The van der Waals surface area contributed by atoms with Crippen LogP contribution >= 0.6 is 0 Å². The Hall–Kier alpha value is -0.770. The van der Waals surface area contributed by atoms with Crippen molar-refractivity contribution in [3.8, 4) is 0 Å². The summed E-state index contributed by atoms with van der Waals surface area (Å²) in [5.74, 6) is -0.143. The SMILES string of the molecule is CC(O)C(C)COC(=O)O. The highest BCUT2D eigenvalue weighted by Crippen LogP contribution is 2.01. The summed E-state index contributed by atoms with van der Waals surface area (Å²) in [5.41, 5.74) is 0. The van der Waals surface area contributed by atoms with Gasteiger partial charge in [-0.2, -0.15) is 0 Å². The third kappa shape index (κ3) is 4.14. The Balaban J connectivity index is 3.39. The summed E-state index contributed by atoms with van der Waals surface area (Å²) >= 11 is 0. The Morgan fingerprint density at radius 1 is 1.60 bits per heavy atom. The standard InChI is InChI=1S/C6H12O4/c1-4(5(2)7)3-10-6(8)9/h4-5,7H,3H2,1-2H3,(H,8,9). The number of aliphatic hydroxyl groups excluding tert-OH is 1. The van der Waals surface area contributed by atoms with Crippen LogP contribution in [0.15, 0.2) is 0 Å². The average Bonchev–Trinajstić information content (AvgIpc) is 1.82. The highest BCUT2D eigenvalue weighted by molar-refractivity contribution is 5.56. The van der Waals surface area contributed by atoms with Crippen LogP contribution in [0.5, 0.6) is 0 Å². The number of hydrogen-bond donors (Lipinski definition) is 2. The van der Waals surface area contributed by atoms with E-state index in [0.717, 1.165) is 0 Å². The molecule has 0 spiro atoms. The van der Waals surface area contributed by atoms with Crippen LogP contribution in [0.25, 0.3) is 0 Å². The molecule has 0 rings (SSSR count). The van der Waals surface area contributed by atoms with Gasteiger partial charge in [-0.1, -0.05) is 6.92 Å². The van der Waals surface area contributed by atoms with E-state index < -0.39 is 12.3 Å². The number of carboxylic acid groups (broad SMARTS) is 1. The molecule has 0 saturated heterocycles.